The molecule has 0 saturated carbocycles. The molecule has 166 valence electrons. The number of aryl methyl sites for hydroxylation is 1. The number of hydrogen-bond acceptors (Lipinski definition) is 5. The first-order chi connectivity index (χ1) is 14.9. The lowest BCUT2D eigenvalue weighted by Gasteiger charge is -2.21. The summed E-state index contributed by atoms with van der Waals surface area (Å²) in [6.07, 6.45) is 6.31. The minimum atomic E-state index is -0.773. The molecule has 7 nitrogen and oxygen atoms in total. The van der Waals surface area contributed by atoms with Crippen LogP contribution in [0.4, 0.5) is 4.79 Å². The summed E-state index contributed by atoms with van der Waals surface area (Å²) in [5.41, 5.74) is 5.75. The summed E-state index contributed by atoms with van der Waals surface area (Å²) in [7, 11) is 0. The Kier molecular flexibility index (Phi) is 10.0. The van der Waals surface area contributed by atoms with Crippen molar-refractivity contribution in [3.8, 4) is 0 Å². The molecule has 2 amide bonds. The van der Waals surface area contributed by atoms with E-state index in [1.165, 1.54) is 0 Å². The van der Waals surface area contributed by atoms with Crippen LogP contribution in [0.15, 0.2) is 59.8 Å². The summed E-state index contributed by atoms with van der Waals surface area (Å²) in [4.78, 5) is 37.2. The molecule has 0 aliphatic carbocycles. The molecule has 0 saturated heterocycles. The number of hydrogen-bond donors (Lipinski definition) is 2. The highest BCUT2D eigenvalue weighted by Gasteiger charge is 2.25. The number of primary amides is 1. The Labute approximate surface area is 187 Å². The van der Waals surface area contributed by atoms with Crippen molar-refractivity contribution in [3.63, 3.8) is 0 Å². The van der Waals surface area contributed by atoms with Gasteiger partial charge in [-0.05, 0) is 36.2 Å². The first-order valence-corrected chi connectivity index (χ1v) is 11.2. The molecule has 0 fully saturated rings. The Balaban J connectivity index is 1.87. The zero-order chi connectivity index (χ0) is 22.6. The molecular formula is C23H30N3O4S+. The molecule has 3 N–H and O–H groups in total. The number of benzene rings is 1. The van der Waals surface area contributed by atoms with Crippen molar-refractivity contribution in [1.29, 1.82) is 0 Å². The maximum Gasteiger partial charge on any atom is 0.372 e. The van der Waals surface area contributed by atoms with Gasteiger partial charge in [0.25, 0.3) is 5.91 Å². The number of amides is 2. The van der Waals surface area contributed by atoms with Gasteiger partial charge in [-0.15, -0.1) is 0 Å². The van der Waals surface area contributed by atoms with E-state index in [1.54, 1.807) is 24.3 Å². The molecule has 0 aliphatic rings. The van der Waals surface area contributed by atoms with Gasteiger partial charge in [-0.1, -0.05) is 38.5 Å². The molecule has 0 aliphatic heterocycles. The minimum absolute atomic E-state index is 0.0970. The van der Waals surface area contributed by atoms with Crippen LogP contribution in [0.3, 0.4) is 0 Å². The fourth-order valence-electron chi connectivity index (χ4n) is 2.95. The largest absolute Gasteiger partial charge is 0.457 e. The van der Waals surface area contributed by atoms with Gasteiger partial charge in [-0.25, -0.2) is 9.36 Å². The van der Waals surface area contributed by atoms with Crippen LogP contribution in [0.1, 0.15) is 43.5 Å². The summed E-state index contributed by atoms with van der Waals surface area (Å²) >= 11 is 0.859. The third-order valence-electron chi connectivity index (χ3n) is 4.94. The average Bonchev–Trinajstić information content (AvgIpc) is 2.77. The number of nitrogens with one attached hydrogen (secondary N) is 1. The smallest absolute Gasteiger partial charge is 0.372 e. The lowest BCUT2D eigenvalue weighted by atomic mass is 9.98. The number of rotatable bonds is 11. The van der Waals surface area contributed by atoms with Crippen LogP contribution in [-0.4, -0.2) is 29.8 Å². The average molecular weight is 445 g/mol. The molecule has 2 aromatic rings. The fourth-order valence-corrected chi connectivity index (χ4v) is 3.69. The molecule has 1 aromatic heterocycles. The first kappa shape index (κ1) is 24.4. The summed E-state index contributed by atoms with van der Waals surface area (Å²) in [6.45, 7) is 4.94. The lowest BCUT2D eigenvalue weighted by molar-refractivity contribution is -0.697. The van der Waals surface area contributed by atoms with Crippen LogP contribution >= 0.6 is 11.8 Å². The Hall–Kier alpha value is -2.87. The van der Waals surface area contributed by atoms with Crippen molar-refractivity contribution in [1.82, 2.24) is 5.32 Å². The maximum atomic E-state index is 12.7. The zero-order valence-corrected chi connectivity index (χ0v) is 18.8. The van der Waals surface area contributed by atoms with Crippen molar-refractivity contribution in [2.75, 3.05) is 6.61 Å². The Morgan fingerprint density at radius 2 is 1.81 bits per heavy atom. The van der Waals surface area contributed by atoms with E-state index in [0.717, 1.165) is 31.1 Å². The summed E-state index contributed by atoms with van der Waals surface area (Å²) < 4.78 is 7.38. The van der Waals surface area contributed by atoms with Crippen LogP contribution in [0, 0.1) is 5.92 Å². The number of nitrogens with zero attached hydrogens (tertiary/aromatic N) is 1. The number of ether oxygens (including phenoxy) is 1. The Bertz CT molecular complexity index is 876. The highest BCUT2D eigenvalue weighted by molar-refractivity contribution is 8.13. The molecule has 0 radical (unpaired) electrons. The molecule has 1 aromatic carbocycles. The van der Waals surface area contributed by atoms with E-state index in [0.29, 0.717) is 23.5 Å². The molecule has 2 rings (SSSR count). The maximum absolute atomic E-state index is 12.7. The number of carbonyl (C=O) groups excluding carboxylic acids is 3. The highest BCUT2D eigenvalue weighted by Crippen LogP contribution is 2.25. The van der Waals surface area contributed by atoms with Gasteiger partial charge in [-0.3, -0.25) is 9.59 Å². The summed E-state index contributed by atoms with van der Waals surface area (Å²) in [5.74, 6) is -1.12. The van der Waals surface area contributed by atoms with Gasteiger partial charge in [0.15, 0.2) is 12.4 Å². The van der Waals surface area contributed by atoms with Gasteiger partial charge in [0, 0.05) is 23.4 Å². The number of carbonyl (C=O) groups is 3. The SMILES string of the molecule is CCC(C)C(NC(=O)c1ccccc1SC(=O)OCCCC[n+]1ccccc1)C(N)=O. The summed E-state index contributed by atoms with van der Waals surface area (Å²) in [6, 6.07) is 11.9. The van der Waals surface area contributed by atoms with E-state index in [2.05, 4.69) is 9.88 Å². The molecule has 0 bridgehead atoms. The second-order valence-corrected chi connectivity index (χ2v) is 8.23. The molecular weight excluding hydrogens is 414 g/mol. The number of aromatic nitrogens is 1. The van der Waals surface area contributed by atoms with Crippen molar-refractivity contribution >= 4 is 28.9 Å². The van der Waals surface area contributed by atoms with E-state index in [1.807, 2.05) is 44.4 Å². The molecule has 31 heavy (non-hydrogen) atoms. The predicted octanol–water partition coefficient (Wildman–Crippen LogP) is 3.31. The zero-order valence-electron chi connectivity index (χ0n) is 18.0. The topological polar surface area (TPSA) is 102 Å². The van der Waals surface area contributed by atoms with Gasteiger partial charge in [-0.2, -0.15) is 0 Å². The number of thioether (sulfide) groups is 1. The van der Waals surface area contributed by atoms with Gasteiger partial charge >= 0.3 is 5.30 Å². The monoisotopic (exact) mass is 444 g/mol. The standard InChI is InChI=1S/C23H29N3O4S/c1-3-17(2)20(21(24)27)25-22(28)18-11-5-6-12-19(18)31-23(29)30-16-10-9-15-26-13-7-4-8-14-26/h4-8,11-14,17,20H,3,9-10,15-16H2,1-2H3,(H2-,24,25,27,28)/p+1. The van der Waals surface area contributed by atoms with Crippen LogP contribution < -0.4 is 15.6 Å². The fraction of sp³-hybridized carbons (Fsp3) is 0.391. The molecule has 0 spiro atoms. The van der Waals surface area contributed by atoms with Gasteiger partial charge in [0.1, 0.15) is 12.6 Å². The number of unbranched alkanes of at least 4 members (excludes halogenated alkanes) is 1. The molecule has 2 unspecified atom stereocenters. The van der Waals surface area contributed by atoms with Crippen LogP contribution in [0.25, 0.3) is 0 Å². The van der Waals surface area contributed by atoms with Gasteiger partial charge in [0.2, 0.25) is 5.91 Å². The molecule has 1 heterocycles. The van der Waals surface area contributed by atoms with Crippen molar-refractivity contribution < 1.29 is 23.7 Å². The quantitative estimate of drug-likeness (QED) is 0.240. The van der Waals surface area contributed by atoms with Crippen molar-refractivity contribution in [2.45, 2.75) is 50.6 Å². The van der Waals surface area contributed by atoms with E-state index in [-0.39, 0.29) is 5.92 Å². The van der Waals surface area contributed by atoms with E-state index in [9.17, 15) is 14.4 Å². The van der Waals surface area contributed by atoms with Gasteiger partial charge in [0.05, 0.1) is 12.2 Å². The van der Waals surface area contributed by atoms with E-state index >= 15 is 0 Å². The highest BCUT2D eigenvalue weighted by atomic mass is 32.2. The third-order valence-corrected chi connectivity index (χ3v) is 5.80. The number of pyridine rings is 1. The van der Waals surface area contributed by atoms with Crippen LogP contribution in [0.2, 0.25) is 0 Å². The summed E-state index contributed by atoms with van der Waals surface area (Å²) in [5, 5.41) is 2.22. The Morgan fingerprint density at radius 1 is 1.10 bits per heavy atom. The van der Waals surface area contributed by atoms with Crippen LogP contribution in [0.5, 0.6) is 0 Å². The lowest BCUT2D eigenvalue weighted by Crippen LogP contribution is -2.48. The van der Waals surface area contributed by atoms with Crippen molar-refractivity contribution in [2.24, 2.45) is 11.7 Å². The molecule has 8 heteroatoms. The number of nitrogens with two attached hydrogens (primary N) is 1. The van der Waals surface area contributed by atoms with Crippen LogP contribution in [-0.2, 0) is 16.1 Å². The predicted molar refractivity (Wildman–Crippen MR) is 119 cm³/mol. The van der Waals surface area contributed by atoms with E-state index in [4.69, 9.17) is 10.5 Å². The normalized spacial score (nSPS) is 12.6. The second-order valence-electron chi connectivity index (χ2n) is 7.26. The first-order valence-electron chi connectivity index (χ1n) is 10.4. The van der Waals surface area contributed by atoms with Gasteiger partial charge < -0.3 is 15.8 Å². The van der Waals surface area contributed by atoms with E-state index < -0.39 is 23.2 Å². The third kappa shape index (κ3) is 8.05. The Morgan fingerprint density at radius 3 is 2.48 bits per heavy atom. The second kappa shape index (κ2) is 12.7. The van der Waals surface area contributed by atoms with Crippen molar-refractivity contribution in [3.05, 3.63) is 60.4 Å². The minimum Gasteiger partial charge on any atom is -0.457 e. The molecule has 2 atom stereocenters.